The highest BCUT2D eigenvalue weighted by molar-refractivity contribution is 5.40. The monoisotopic (exact) mass is 318 g/mol. The fourth-order valence-corrected chi connectivity index (χ4v) is 3.98. The molecule has 1 aliphatic carbocycles. The van der Waals surface area contributed by atoms with Gasteiger partial charge in [-0.05, 0) is 31.0 Å². The first kappa shape index (κ1) is 16.6. The Balaban J connectivity index is 1.56. The topological polar surface area (TPSA) is 24.9 Å². The predicted molar refractivity (Wildman–Crippen MR) is 93.3 cm³/mol. The molecule has 0 amide bonds. The van der Waals surface area contributed by atoms with Crippen LogP contribution in [0.1, 0.15) is 37.7 Å². The van der Waals surface area contributed by atoms with E-state index < -0.39 is 0 Å². The van der Waals surface area contributed by atoms with Crippen LogP contribution < -0.4 is 9.47 Å². The van der Waals surface area contributed by atoms with E-state index in [1.54, 1.807) is 14.2 Å². The van der Waals surface area contributed by atoms with Crippen molar-refractivity contribution in [2.75, 3.05) is 40.4 Å². The smallest absolute Gasteiger partial charge is 0.123 e. The molecule has 0 bridgehead atoms. The Hall–Kier alpha value is -1.26. The van der Waals surface area contributed by atoms with Crippen LogP contribution in [-0.4, -0.2) is 56.2 Å². The van der Waals surface area contributed by atoms with Crippen LogP contribution in [0.2, 0.25) is 0 Å². The molecule has 4 nitrogen and oxygen atoms in total. The van der Waals surface area contributed by atoms with Crippen molar-refractivity contribution in [3.05, 3.63) is 23.8 Å². The summed E-state index contributed by atoms with van der Waals surface area (Å²) in [6.45, 7) is 5.65. The van der Waals surface area contributed by atoms with Crippen molar-refractivity contribution in [1.82, 2.24) is 9.80 Å². The first-order chi connectivity index (χ1) is 11.3. The molecule has 2 fully saturated rings. The van der Waals surface area contributed by atoms with Crippen molar-refractivity contribution in [2.45, 2.75) is 44.7 Å². The molecule has 23 heavy (non-hydrogen) atoms. The second-order valence-corrected chi connectivity index (χ2v) is 6.78. The van der Waals surface area contributed by atoms with Gasteiger partial charge in [0.25, 0.3) is 0 Å². The summed E-state index contributed by atoms with van der Waals surface area (Å²) in [5.74, 6) is 1.86. The number of benzene rings is 1. The maximum atomic E-state index is 5.51. The highest BCUT2D eigenvalue weighted by Gasteiger charge is 2.25. The molecule has 1 aliphatic heterocycles. The molecule has 1 aromatic rings. The summed E-state index contributed by atoms with van der Waals surface area (Å²) in [7, 11) is 3.46. The molecule has 0 radical (unpaired) electrons. The van der Waals surface area contributed by atoms with Crippen LogP contribution in [0, 0.1) is 0 Å². The molecule has 0 spiro atoms. The Morgan fingerprint density at radius 1 is 0.957 bits per heavy atom. The molecular weight excluding hydrogens is 288 g/mol. The number of hydrogen-bond donors (Lipinski definition) is 0. The Bertz CT molecular complexity index is 492. The SMILES string of the molecule is COc1ccc(OC)c(CN2CCN(C3CCCCC3)CC2)c1. The third-order valence-electron chi connectivity index (χ3n) is 5.38. The van der Waals surface area contributed by atoms with E-state index in [1.165, 1.54) is 50.8 Å². The second kappa shape index (κ2) is 8.02. The number of methoxy groups -OCH3 is 2. The number of nitrogens with zero attached hydrogens (tertiary/aromatic N) is 2. The number of rotatable bonds is 5. The minimum Gasteiger partial charge on any atom is -0.497 e. The molecule has 0 atom stereocenters. The van der Waals surface area contributed by atoms with Gasteiger partial charge < -0.3 is 9.47 Å². The van der Waals surface area contributed by atoms with Crippen molar-refractivity contribution >= 4 is 0 Å². The van der Waals surface area contributed by atoms with E-state index in [4.69, 9.17) is 9.47 Å². The van der Waals surface area contributed by atoms with Crippen LogP contribution in [0.4, 0.5) is 0 Å². The van der Waals surface area contributed by atoms with Gasteiger partial charge in [0.05, 0.1) is 14.2 Å². The molecule has 1 aromatic carbocycles. The quantitative estimate of drug-likeness (QED) is 0.832. The maximum absolute atomic E-state index is 5.51. The maximum Gasteiger partial charge on any atom is 0.123 e. The highest BCUT2D eigenvalue weighted by atomic mass is 16.5. The lowest BCUT2D eigenvalue weighted by Gasteiger charge is -2.40. The van der Waals surface area contributed by atoms with E-state index in [0.29, 0.717) is 0 Å². The summed E-state index contributed by atoms with van der Waals surface area (Å²) in [4.78, 5) is 5.26. The molecule has 4 heteroatoms. The van der Waals surface area contributed by atoms with Gasteiger partial charge in [-0.15, -0.1) is 0 Å². The Kier molecular flexibility index (Phi) is 5.79. The molecule has 2 aliphatic rings. The highest BCUT2D eigenvalue weighted by Crippen LogP contribution is 2.27. The first-order valence-corrected chi connectivity index (χ1v) is 8.97. The third-order valence-corrected chi connectivity index (χ3v) is 5.38. The minimum atomic E-state index is 0.845. The largest absolute Gasteiger partial charge is 0.497 e. The van der Waals surface area contributed by atoms with Crippen LogP contribution in [0.15, 0.2) is 18.2 Å². The lowest BCUT2D eigenvalue weighted by molar-refractivity contribution is 0.0751. The van der Waals surface area contributed by atoms with Gasteiger partial charge in [0, 0.05) is 44.3 Å². The Morgan fingerprint density at radius 3 is 2.35 bits per heavy atom. The summed E-state index contributed by atoms with van der Waals surface area (Å²) < 4.78 is 10.9. The van der Waals surface area contributed by atoms with Crippen molar-refractivity contribution in [3.8, 4) is 11.5 Å². The summed E-state index contributed by atoms with van der Waals surface area (Å²) in [5.41, 5.74) is 1.22. The zero-order valence-electron chi connectivity index (χ0n) is 14.6. The van der Waals surface area contributed by atoms with Gasteiger partial charge in [0.1, 0.15) is 11.5 Å². The lowest BCUT2D eigenvalue weighted by Crippen LogP contribution is -2.50. The zero-order chi connectivity index (χ0) is 16.1. The van der Waals surface area contributed by atoms with Crippen molar-refractivity contribution in [2.24, 2.45) is 0 Å². The minimum absolute atomic E-state index is 0.845. The van der Waals surface area contributed by atoms with E-state index in [2.05, 4.69) is 15.9 Å². The zero-order valence-corrected chi connectivity index (χ0v) is 14.6. The third kappa shape index (κ3) is 4.18. The normalized spacial score (nSPS) is 21.3. The van der Waals surface area contributed by atoms with E-state index in [0.717, 1.165) is 37.2 Å². The molecule has 3 rings (SSSR count). The van der Waals surface area contributed by atoms with Crippen molar-refractivity contribution in [3.63, 3.8) is 0 Å². The summed E-state index contributed by atoms with van der Waals surface area (Å²) >= 11 is 0. The van der Waals surface area contributed by atoms with Gasteiger partial charge in [-0.2, -0.15) is 0 Å². The van der Waals surface area contributed by atoms with Crippen molar-refractivity contribution in [1.29, 1.82) is 0 Å². The van der Waals surface area contributed by atoms with E-state index in [1.807, 2.05) is 12.1 Å². The number of hydrogen-bond acceptors (Lipinski definition) is 4. The van der Waals surface area contributed by atoms with E-state index in [-0.39, 0.29) is 0 Å². The van der Waals surface area contributed by atoms with Gasteiger partial charge in [0.15, 0.2) is 0 Å². The average molecular weight is 318 g/mol. The predicted octanol–water partition coefficient (Wildman–Crippen LogP) is 3.15. The van der Waals surface area contributed by atoms with Gasteiger partial charge >= 0.3 is 0 Å². The summed E-state index contributed by atoms with van der Waals surface area (Å²) in [6, 6.07) is 6.92. The van der Waals surface area contributed by atoms with Crippen LogP contribution in [0.3, 0.4) is 0 Å². The molecule has 1 saturated carbocycles. The summed E-state index contributed by atoms with van der Waals surface area (Å²) in [6.07, 6.45) is 7.09. The fourth-order valence-electron chi connectivity index (χ4n) is 3.98. The number of ether oxygens (including phenoxy) is 2. The second-order valence-electron chi connectivity index (χ2n) is 6.78. The van der Waals surface area contributed by atoms with Crippen molar-refractivity contribution < 1.29 is 9.47 Å². The molecule has 0 aromatic heterocycles. The lowest BCUT2D eigenvalue weighted by atomic mass is 9.94. The molecule has 0 N–H and O–H groups in total. The van der Waals surface area contributed by atoms with Gasteiger partial charge in [0.2, 0.25) is 0 Å². The van der Waals surface area contributed by atoms with Gasteiger partial charge in [-0.3, -0.25) is 9.80 Å². The fraction of sp³-hybridized carbons (Fsp3) is 0.684. The Labute approximate surface area is 140 Å². The van der Waals surface area contributed by atoms with Crippen LogP contribution in [0.5, 0.6) is 11.5 Å². The molecule has 1 heterocycles. The standard InChI is InChI=1S/C19H30N2O2/c1-22-18-8-9-19(23-2)16(14-18)15-20-10-12-21(13-11-20)17-6-4-3-5-7-17/h8-9,14,17H,3-7,10-13,15H2,1-2H3. The van der Waals surface area contributed by atoms with Gasteiger partial charge in [-0.25, -0.2) is 0 Å². The number of piperazine rings is 1. The van der Waals surface area contributed by atoms with Crippen LogP contribution >= 0.6 is 0 Å². The average Bonchev–Trinajstić information content (AvgIpc) is 2.63. The van der Waals surface area contributed by atoms with E-state index >= 15 is 0 Å². The molecule has 1 saturated heterocycles. The Morgan fingerprint density at radius 2 is 1.70 bits per heavy atom. The van der Waals surface area contributed by atoms with Crippen LogP contribution in [-0.2, 0) is 6.54 Å². The van der Waals surface area contributed by atoms with Gasteiger partial charge in [-0.1, -0.05) is 19.3 Å². The molecule has 0 unspecified atom stereocenters. The summed E-state index contributed by atoms with van der Waals surface area (Å²) in [5, 5.41) is 0. The molecular formula is C19H30N2O2. The van der Waals surface area contributed by atoms with E-state index in [9.17, 15) is 0 Å². The van der Waals surface area contributed by atoms with Crippen LogP contribution in [0.25, 0.3) is 0 Å². The molecule has 128 valence electrons. The first-order valence-electron chi connectivity index (χ1n) is 8.97.